The highest BCUT2D eigenvalue weighted by Gasteiger charge is 2.22. The quantitative estimate of drug-likeness (QED) is 0.786. The summed E-state index contributed by atoms with van der Waals surface area (Å²) >= 11 is 0. The van der Waals surface area contributed by atoms with Gasteiger partial charge in [0.15, 0.2) is 6.29 Å². The average Bonchev–Trinajstić information content (AvgIpc) is 2.67. The second kappa shape index (κ2) is 4.51. The van der Waals surface area contributed by atoms with E-state index in [0.717, 1.165) is 11.3 Å². The molecule has 0 unspecified atom stereocenters. The van der Waals surface area contributed by atoms with Crippen LogP contribution in [0.1, 0.15) is 5.56 Å². The van der Waals surface area contributed by atoms with E-state index in [1.54, 1.807) is 14.2 Å². The van der Waals surface area contributed by atoms with Crippen LogP contribution >= 0.6 is 0 Å². The largest absolute Gasteiger partial charge is 0.356 e. The summed E-state index contributed by atoms with van der Waals surface area (Å²) in [5, 5.41) is 6.57. The Labute approximate surface area is 93.7 Å². The van der Waals surface area contributed by atoms with Gasteiger partial charge in [-0.2, -0.15) is 5.32 Å². The molecule has 0 atom stereocenters. The van der Waals surface area contributed by atoms with Crippen LogP contribution in [-0.4, -0.2) is 26.5 Å². The summed E-state index contributed by atoms with van der Waals surface area (Å²) in [7, 11) is 3.16. The van der Waals surface area contributed by atoms with Gasteiger partial charge in [-0.05, 0) is 11.6 Å². The van der Waals surface area contributed by atoms with Crippen molar-refractivity contribution in [1.29, 1.82) is 0 Å². The molecule has 0 spiro atoms. The molecule has 5 heteroatoms. The number of ether oxygens (including phenoxy) is 2. The van der Waals surface area contributed by atoms with E-state index in [9.17, 15) is 4.79 Å². The molecule has 1 radical (unpaired) electrons. The number of para-hydroxylation sites is 1. The van der Waals surface area contributed by atoms with Crippen LogP contribution in [-0.2, 0) is 15.9 Å². The summed E-state index contributed by atoms with van der Waals surface area (Å²) in [6.07, 6.45) is 0.242. The van der Waals surface area contributed by atoms with Crippen LogP contribution in [0, 0.1) is 0 Å². The molecule has 1 aromatic carbocycles. The lowest BCUT2D eigenvalue weighted by Gasteiger charge is -2.14. The van der Waals surface area contributed by atoms with Gasteiger partial charge >= 0.3 is 6.03 Å². The Morgan fingerprint density at radius 2 is 2.12 bits per heavy atom. The summed E-state index contributed by atoms with van der Waals surface area (Å²) in [5.74, 6) is 0. The highest BCUT2D eigenvalue weighted by Crippen LogP contribution is 2.31. The van der Waals surface area contributed by atoms with Crippen molar-refractivity contribution in [1.82, 2.24) is 5.32 Å². The maximum Gasteiger partial charge on any atom is 0.346 e. The molecule has 1 aliphatic rings. The molecule has 5 nitrogen and oxygen atoms in total. The Balaban J connectivity index is 2.23. The second-order valence-corrected chi connectivity index (χ2v) is 3.46. The van der Waals surface area contributed by atoms with Crippen LogP contribution < -0.4 is 10.6 Å². The Kier molecular flexibility index (Phi) is 3.07. The SMILES string of the molecule is COC(Cc1cccc2c1[N]C(=O)N2)OC. The summed E-state index contributed by atoms with van der Waals surface area (Å²) in [4.78, 5) is 11.1. The van der Waals surface area contributed by atoms with Gasteiger partial charge in [0, 0.05) is 20.6 Å². The lowest BCUT2D eigenvalue weighted by Crippen LogP contribution is -2.16. The highest BCUT2D eigenvalue weighted by molar-refractivity contribution is 6.02. The average molecular weight is 221 g/mol. The van der Waals surface area contributed by atoms with E-state index in [2.05, 4.69) is 10.6 Å². The molecule has 1 aliphatic heterocycles. The van der Waals surface area contributed by atoms with Crippen LogP contribution in [0.5, 0.6) is 0 Å². The first-order chi connectivity index (χ1) is 7.74. The first-order valence-corrected chi connectivity index (χ1v) is 4.95. The molecule has 2 rings (SSSR count). The fourth-order valence-corrected chi connectivity index (χ4v) is 1.68. The standard InChI is InChI=1S/C11H13N2O3/c1-15-9(16-2)6-7-4-3-5-8-10(7)13-11(14)12-8/h3-5,9H,6H2,1-2H3,(H,12,14). The van der Waals surface area contributed by atoms with E-state index in [0.29, 0.717) is 12.1 Å². The van der Waals surface area contributed by atoms with Crippen LogP contribution in [0.25, 0.3) is 0 Å². The zero-order valence-corrected chi connectivity index (χ0v) is 9.19. The number of fused-ring (bicyclic) bond motifs is 1. The number of anilines is 1. The zero-order valence-electron chi connectivity index (χ0n) is 9.19. The number of urea groups is 1. The van der Waals surface area contributed by atoms with Gasteiger partial charge in [-0.15, -0.1) is 0 Å². The third-order valence-electron chi connectivity index (χ3n) is 2.49. The number of nitrogens with one attached hydrogen (secondary N) is 1. The van der Waals surface area contributed by atoms with Crippen molar-refractivity contribution < 1.29 is 14.3 Å². The van der Waals surface area contributed by atoms with E-state index in [-0.39, 0.29) is 12.3 Å². The number of nitrogens with zero attached hydrogens (tertiary/aromatic N) is 1. The van der Waals surface area contributed by atoms with Crippen molar-refractivity contribution in [3.63, 3.8) is 0 Å². The normalized spacial score (nSPS) is 13.6. The Hall–Kier alpha value is -1.59. The molecule has 0 bridgehead atoms. The predicted octanol–water partition coefficient (Wildman–Crippen LogP) is 1.63. The molecule has 2 amide bonds. The molecule has 0 fully saturated rings. The molecule has 85 valence electrons. The van der Waals surface area contributed by atoms with Gasteiger partial charge in [0.05, 0.1) is 11.4 Å². The predicted molar refractivity (Wildman–Crippen MR) is 58.8 cm³/mol. The lowest BCUT2D eigenvalue weighted by atomic mass is 10.1. The lowest BCUT2D eigenvalue weighted by molar-refractivity contribution is -0.100. The summed E-state index contributed by atoms with van der Waals surface area (Å²) in [5.41, 5.74) is 2.37. The second-order valence-electron chi connectivity index (χ2n) is 3.46. The van der Waals surface area contributed by atoms with Crippen molar-refractivity contribution in [2.75, 3.05) is 19.5 Å². The Bertz CT molecular complexity index is 402. The Morgan fingerprint density at radius 3 is 2.81 bits per heavy atom. The van der Waals surface area contributed by atoms with Crippen LogP contribution in [0.15, 0.2) is 18.2 Å². The van der Waals surface area contributed by atoms with Crippen LogP contribution in [0.2, 0.25) is 0 Å². The van der Waals surface area contributed by atoms with Crippen molar-refractivity contribution in [3.8, 4) is 0 Å². The number of carbonyl (C=O) groups excluding carboxylic acids is 1. The minimum absolute atomic E-state index is 0.322. The van der Waals surface area contributed by atoms with Crippen molar-refractivity contribution in [3.05, 3.63) is 23.8 Å². The maximum atomic E-state index is 11.1. The molecule has 16 heavy (non-hydrogen) atoms. The van der Waals surface area contributed by atoms with Crippen LogP contribution in [0.4, 0.5) is 16.2 Å². The molecule has 0 saturated carbocycles. The Morgan fingerprint density at radius 1 is 1.38 bits per heavy atom. The fraction of sp³-hybridized carbons (Fsp3) is 0.364. The third-order valence-corrected chi connectivity index (χ3v) is 2.49. The summed E-state index contributed by atoms with van der Waals surface area (Å²) in [6, 6.07) is 5.28. The van der Waals surface area contributed by atoms with Gasteiger partial charge in [-0.3, -0.25) is 0 Å². The molecule has 0 saturated heterocycles. The molecule has 0 aliphatic carbocycles. The van der Waals surface area contributed by atoms with E-state index in [1.807, 2.05) is 18.2 Å². The number of methoxy groups -OCH3 is 2. The van der Waals surface area contributed by atoms with E-state index < -0.39 is 0 Å². The number of rotatable bonds is 4. The summed E-state index contributed by atoms with van der Waals surface area (Å²) in [6.45, 7) is 0. The molecule has 1 aromatic rings. The van der Waals surface area contributed by atoms with Crippen molar-refractivity contribution >= 4 is 17.4 Å². The minimum atomic E-state index is -0.325. The van der Waals surface area contributed by atoms with Crippen molar-refractivity contribution in [2.45, 2.75) is 12.7 Å². The number of amides is 2. The zero-order chi connectivity index (χ0) is 11.5. The van der Waals surface area contributed by atoms with Gasteiger partial charge in [0.2, 0.25) is 0 Å². The topological polar surface area (TPSA) is 61.7 Å². The van der Waals surface area contributed by atoms with E-state index in [4.69, 9.17) is 9.47 Å². The smallest absolute Gasteiger partial charge is 0.346 e. The number of hydrogen-bond donors (Lipinski definition) is 1. The van der Waals surface area contributed by atoms with Gasteiger partial charge in [-0.25, -0.2) is 4.79 Å². The monoisotopic (exact) mass is 221 g/mol. The van der Waals surface area contributed by atoms with Gasteiger partial charge in [0.1, 0.15) is 0 Å². The number of carbonyl (C=O) groups is 1. The van der Waals surface area contributed by atoms with Crippen molar-refractivity contribution in [2.24, 2.45) is 0 Å². The fourth-order valence-electron chi connectivity index (χ4n) is 1.68. The number of benzene rings is 1. The van der Waals surface area contributed by atoms with Crippen LogP contribution in [0.3, 0.4) is 0 Å². The van der Waals surface area contributed by atoms with Gasteiger partial charge in [-0.1, -0.05) is 12.1 Å². The highest BCUT2D eigenvalue weighted by atomic mass is 16.7. The first kappa shape index (κ1) is 10.9. The third kappa shape index (κ3) is 2.00. The van der Waals surface area contributed by atoms with Gasteiger partial charge in [0.25, 0.3) is 0 Å². The molecular weight excluding hydrogens is 208 g/mol. The van der Waals surface area contributed by atoms with E-state index >= 15 is 0 Å². The number of hydrogen-bond acceptors (Lipinski definition) is 3. The molecule has 0 aromatic heterocycles. The molecular formula is C11H13N2O3. The molecule has 1 N–H and O–H groups in total. The van der Waals surface area contributed by atoms with E-state index in [1.165, 1.54) is 0 Å². The van der Waals surface area contributed by atoms with Gasteiger partial charge < -0.3 is 14.8 Å². The first-order valence-electron chi connectivity index (χ1n) is 4.95. The summed E-state index contributed by atoms with van der Waals surface area (Å²) < 4.78 is 10.2. The minimum Gasteiger partial charge on any atom is -0.356 e. The molecule has 1 heterocycles. The maximum absolute atomic E-state index is 11.1.